The van der Waals surface area contributed by atoms with E-state index in [1.807, 2.05) is 11.8 Å². The molecule has 2 aliphatic rings. The summed E-state index contributed by atoms with van der Waals surface area (Å²) in [5.74, 6) is 0.646. The molecule has 4 heteroatoms. The summed E-state index contributed by atoms with van der Waals surface area (Å²) in [5, 5.41) is 3.52. The Bertz CT molecular complexity index is 339. The number of rotatable bonds is 6. The molecule has 2 rings (SSSR count). The summed E-state index contributed by atoms with van der Waals surface area (Å²) in [6, 6.07) is 0. The van der Waals surface area contributed by atoms with Gasteiger partial charge in [-0.1, -0.05) is 33.6 Å². The zero-order valence-corrected chi connectivity index (χ0v) is 13.4. The van der Waals surface area contributed by atoms with Gasteiger partial charge in [-0.2, -0.15) is 0 Å². The van der Waals surface area contributed by atoms with Crippen molar-refractivity contribution in [2.45, 2.75) is 77.6 Å². The maximum atomic E-state index is 12.6. The third-order valence-corrected chi connectivity index (χ3v) is 4.86. The molecule has 1 heterocycles. The molecule has 1 amide bonds. The Hall–Kier alpha value is -0.610. The predicted molar refractivity (Wildman–Crippen MR) is 80.4 cm³/mol. The topological polar surface area (TPSA) is 41.6 Å². The van der Waals surface area contributed by atoms with Gasteiger partial charge < -0.3 is 9.64 Å². The second kappa shape index (κ2) is 6.44. The monoisotopic (exact) mass is 282 g/mol. The highest BCUT2D eigenvalue weighted by atomic mass is 16.5. The van der Waals surface area contributed by atoms with Crippen LogP contribution in [0.2, 0.25) is 0 Å². The molecular weight excluding hydrogens is 252 g/mol. The van der Waals surface area contributed by atoms with Crippen molar-refractivity contribution in [1.29, 1.82) is 0 Å². The van der Waals surface area contributed by atoms with Gasteiger partial charge in [-0.15, -0.1) is 0 Å². The highest BCUT2D eigenvalue weighted by Crippen LogP contribution is 2.27. The van der Waals surface area contributed by atoms with Crippen LogP contribution in [-0.4, -0.2) is 41.8 Å². The first-order chi connectivity index (χ1) is 9.48. The number of hydrogen-bond acceptors (Lipinski definition) is 3. The van der Waals surface area contributed by atoms with Crippen molar-refractivity contribution in [3.05, 3.63) is 0 Å². The third-order valence-electron chi connectivity index (χ3n) is 4.86. The van der Waals surface area contributed by atoms with Gasteiger partial charge in [0.05, 0.1) is 24.4 Å². The molecule has 4 nitrogen and oxygen atoms in total. The number of nitrogens with one attached hydrogen (secondary N) is 1. The Morgan fingerprint density at radius 1 is 1.40 bits per heavy atom. The van der Waals surface area contributed by atoms with Crippen molar-refractivity contribution >= 4 is 5.91 Å². The van der Waals surface area contributed by atoms with Gasteiger partial charge in [0.2, 0.25) is 5.91 Å². The van der Waals surface area contributed by atoms with E-state index in [2.05, 4.69) is 26.1 Å². The van der Waals surface area contributed by atoms with E-state index >= 15 is 0 Å². The van der Waals surface area contributed by atoms with Crippen molar-refractivity contribution < 1.29 is 9.53 Å². The Morgan fingerprint density at radius 2 is 2.05 bits per heavy atom. The predicted octanol–water partition coefficient (Wildman–Crippen LogP) is 2.53. The van der Waals surface area contributed by atoms with E-state index in [1.165, 1.54) is 25.7 Å². The molecule has 0 bridgehead atoms. The molecule has 1 aliphatic carbocycles. The maximum Gasteiger partial charge on any atom is 0.243 e. The quantitative estimate of drug-likeness (QED) is 0.814. The van der Waals surface area contributed by atoms with Crippen LogP contribution in [0.25, 0.3) is 0 Å². The summed E-state index contributed by atoms with van der Waals surface area (Å²) >= 11 is 0. The van der Waals surface area contributed by atoms with Gasteiger partial charge in [-0.3, -0.25) is 10.1 Å². The smallest absolute Gasteiger partial charge is 0.243 e. The summed E-state index contributed by atoms with van der Waals surface area (Å²) < 4.78 is 5.92. The largest absolute Gasteiger partial charge is 0.376 e. The highest BCUT2D eigenvalue weighted by Gasteiger charge is 2.47. The fourth-order valence-corrected chi connectivity index (χ4v) is 3.30. The second-order valence-corrected chi connectivity index (χ2v) is 6.79. The normalized spacial score (nSPS) is 31.8. The number of amides is 1. The van der Waals surface area contributed by atoms with E-state index in [0.29, 0.717) is 25.2 Å². The molecule has 1 N–H and O–H groups in total. The van der Waals surface area contributed by atoms with Crippen LogP contribution in [0, 0.1) is 5.92 Å². The maximum absolute atomic E-state index is 12.6. The lowest BCUT2D eigenvalue weighted by Gasteiger charge is -2.27. The molecule has 116 valence electrons. The van der Waals surface area contributed by atoms with E-state index < -0.39 is 5.54 Å². The molecule has 20 heavy (non-hydrogen) atoms. The molecule has 0 radical (unpaired) electrons. The minimum absolute atomic E-state index is 0.139. The van der Waals surface area contributed by atoms with E-state index in [-0.39, 0.29) is 12.1 Å². The molecule has 0 aromatic carbocycles. The van der Waals surface area contributed by atoms with E-state index in [1.54, 1.807) is 0 Å². The molecule has 0 spiro atoms. The zero-order chi connectivity index (χ0) is 14.8. The van der Waals surface area contributed by atoms with Crippen LogP contribution < -0.4 is 5.32 Å². The summed E-state index contributed by atoms with van der Waals surface area (Å²) in [6.07, 6.45) is 6.35. The zero-order valence-electron chi connectivity index (χ0n) is 13.4. The van der Waals surface area contributed by atoms with Gasteiger partial charge in [0.25, 0.3) is 0 Å². The molecule has 1 aliphatic heterocycles. The number of carbonyl (C=O) groups excluding carboxylic acids is 1. The van der Waals surface area contributed by atoms with E-state index in [9.17, 15) is 4.79 Å². The van der Waals surface area contributed by atoms with Crippen molar-refractivity contribution in [3.63, 3.8) is 0 Å². The van der Waals surface area contributed by atoms with Crippen LogP contribution in [0.5, 0.6) is 0 Å². The van der Waals surface area contributed by atoms with Crippen LogP contribution >= 0.6 is 0 Å². The minimum atomic E-state index is -0.401. The van der Waals surface area contributed by atoms with Gasteiger partial charge >= 0.3 is 0 Å². The first-order valence-electron chi connectivity index (χ1n) is 8.18. The van der Waals surface area contributed by atoms with Crippen molar-refractivity contribution in [3.8, 4) is 0 Å². The summed E-state index contributed by atoms with van der Waals surface area (Å²) in [4.78, 5) is 14.6. The fourth-order valence-electron chi connectivity index (χ4n) is 3.30. The summed E-state index contributed by atoms with van der Waals surface area (Å²) in [7, 11) is 0. The number of nitrogens with zero attached hydrogens (tertiary/aromatic N) is 1. The van der Waals surface area contributed by atoms with Crippen LogP contribution in [-0.2, 0) is 9.53 Å². The van der Waals surface area contributed by atoms with Crippen molar-refractivity contribution in [2.75, 3.05) is 13.2 Å². The standard InChI is InChI=1S/C16H30N2O2/c1-5-16(4)15(19)18(14(17-16)12(2)3)10-11-20-13-8-6-7-9-13/h12-14,17H,5-11H2,1-4H3. The fraction of sp³-hybridized carbons (Fsp3) is 0.938. The molecule has 1 saturated carbocycles. The van der Waals surface area contributed by atoms with Crippen LogP contribution in [0.1, 0.15) is 59.8 Å². The molecule has 2 fully saturated rings. The average molecular weight is 282 g/mol. The molecule has 2 unspecified atom stereocenters. The number of carbonyl (C=O) groups is 1. The van der Waals surface area contributed by atoms with Gasteiger partial charge in [-0.05, 0) is 32.1 Å². The first-order valence-corrected chi connectivity index (χ1v) is 8.18. The molecule has 0 aromatic heterocycles. The lowest BCUT2D eigenvalue weighted by atomic mass is 9.99. The molecule has 1 saturated heterocycles. The van der Waals surface area contributed by atoms with Crippen LogP contribution in [0.3, 0.4) is 0 Å². The Labute approximate surface area is 123 Å². The third kappa shape index (κ3) is 3.17. The SMILES string of the molecule is CCC1(C)NC(C(C)C)N(CCOC2CCCC2)C1=O. The van der Waals surface area contributed by atoms with Crippen LogP contribution in [0.15, 0.2) is 0 Å². The Morgan fingerprint density at radius 3 is 2.60 bits per heavy atom. The van der Waals surface area contributed by atoms with Gasteiger partial charge in [0.1, 0.15) is 0 Å². The lowest BCUT2D eigenvalue weighted by molar-refractivity contribution is -0.134. The van der Waals surface area contributed by atoms with Gasteiger partial charge in [0.15, 0.2) is 0 Å². The minimum Gasteiger partial charge on any atom is -0.376 e. The van der Waals surface area contributed by atoms with Gasteiger partial charge in [-0.25, -0.2) is 0 Å². The first kappa shape index (κ1) is 15.8. The van der Waals surface area contributed by atoms with Crippen molar-refractivity contribution in [1.82, 2.24) is 10.2 Å². The summed E-state index contributed by atoms with van der Waals surface area (Å²) in [5.41, 5.74) is -0.401. The average Bonchev–Trinajstić information content (AvgIpc) is 3.01. The Kier molecular flexibility index (Phi) is 5.08. The van der Waals surface area contributed by atoms with E-state index in [4.69, 9.17) is 4.74 Å². The van der Waals surface area contributed by atoms with Crippen LogP contribution in [0.4, 0.5) is 0 Å². The lowest BCUT2D eigenvalue weighted by Crippen LogP contribution is -2.45. The van der Waals surface area contributed by atoms with E-state index in [0.717, 1.165) is 6.42 Å². The molecular formula is C16H30N2O2. The number of ether oxygens (including phenoxy) is 1. The van der Waals surface area contributed by atoms with Crippen molar-refractivity contribution in [2.24, 2.45) is 5.92 Å². The van der Waals surface area contributed by atoms with Gasteiger partial charge in [0, 0.05) is 6.54 Å². The molecule has 0 aromatic rings. The molecule has 2 atom stereocenters. The Balaban J connectivity index is 1.91. The highest BCUT2D eigenvalue weighted by molar-refractivity contribution is 5.88. The number of hydrogen-bond donors (Lipinski definition) is 1. The summed E-state index contributed by atoms with van der Waals surface area (Å²) in [6.45, 7) is 9.79. The second-order valence-electron chi connectivity index (χ2n) is 6.79.